The molecule has 7 heteroatoms. The molecule has 124 valence electrons. The van der Waals surface area contributed by atoms with E-state index >= 15 is 0 Å². The number of aryl methyl sites for hydroxylation is 1. The van der Waals surface area contributed by atoms with Crippen molar-refractivity contribution in [2.45, 2.75) is 26.3 Å². The summed E-state index contributed by atoms with van der Waals surface area (Å²) < 4.78 is 14.1. The molecule has 0 radical (unpaired) electrons. The minimum atomic E-state index is -0.633. The van der Waals surface area contributed by atoms with E-state index in [1.165, 1.54) is 12.1 Å². The van der Waals surface area contributed by atoms with Gasteiger partial charge in [-0.05, 0) is 38.1 Å². The highest BCUT2D eigenvalue weighted by atomic mass is 19.1. The standard InChI is InChI=1S/C17H17FN4O2/c1-9(5-13-6-10(2)21-22-13)19-17(24)12-7-11-3-4-15(23)20-16(11)14(18)8-12/h3-4,6-9H,5H2,1-2H3,(H,19,24)(H,20,23)(H,21,22). The van der Waals surface area contributed by atoms with E-state index in [1.54, 1.807) is 6.07 Å². The molecule has 0 saturated heterocycles. The fourth-order valence-electron chi connectivity index (χ4n) is 2.60. The number of halogens is 1. The second-order valence-electron chi connectivity index (χ2n) is 5.87. The van der Waals surface area contributed by atoms with Crippen LogP contribution in [-0.2, 0) is 6.42 Å². The lowest BCUT2D eigenvalue weighted by Crippen LogP contribution is -2.34. The predicted octanol–water partition coefficient (Wildman–Crippen LogP) is 2.06. The number of H-pyrrole nitrogens is 2. The molecule has 1 aromatic carbocycles. The maximum atomic E-state index is 14.1. The Bertz CT molecular complexity index is 961. The summed E-state index contributed by atoms with van der Waals surface area (Å²) in [5, 5.41) is 10.3. The van der Waals surface area contributed by atoms with Crippen molar-refractivity contribution in [2.24, 2.45) is 0 Å². The molecule has 2 heterocycles. The Morgan fingerprint density at radius 1 is 1.33 bits per heavy atom. The van der Waals surface area contributed by atoms with Crippen LogP contribution in [0.15, 0.2) is 35.1 Å². The first-order valence-electron chi connectivity index (χ1n) is 7.57. The SMILES string of the molecule is Cc1cc(CC(C)NC(=O)c2cc(F)c3[nH]c(=O)ccc3c2)n[nH]1. The number of rotatable bonds is 4. The molecule has 0 aliphatic rings. The van der Waals surface area contributed by atoms with Crippen molar-refractivity contribution in [1.82, 2.24) is 20.5 Å². The summed E-state index contributed by atoms with van der Waals surface area (Å²) >= 11 is 0. The number of amides is 1. The molecule has 1 unspecified atom stereocenters. The Hall–Kier alpha value is -2.96. The molecular weight excluding hydrogens is 311 g/mol. The van der Waals surface area contributed by atoms with Gasteiger partial charge in [-0.3, -0.25) is 14.7 Å². The van der Waals surface area contributed by atoms with E-state index in [0.717, 1.165) is 17.5 Å². The molecule has 0 saturated carbocycles. The first-order chi connectivity index (χ1) is 11.4. The van der Waals surface area contributed by atoms with E-state index in [4.69, 9.17) is 0 Å². The summed E-state index contributed by atoms with van der Waals surface area (Å²) in [6.07, 6.45) is 0.569. The van der Waals surface area contributed by atoms with Gasteiger partial charge >= 0.3 is 0 Å². The highest BCUT2D eigenvalue weighted by Crippen LogP contribution is 2.17. The quantitative estimate of drug-likeness (QED) is 0.685. The smallest absolute Gasteiger partial charge is 0.251 e. The Kier molecular flexibility index (Phi) is 4.16. The van der Waals surface area contributed by atoms with Gasteiger partial charge in [0.1, 0.15) is 5.82 Å². The van der Waals surface area contributed by atoms with E-state index in [2.05, 4.69) is 20.5 Å². The fraction of sp³-hybridized carbons (Fsp3) is 0.235. The minimum Gasteiger partial charge on any atom is -0.349 e. The zero-order valence-electron chi connectivity index (χ0n) is 13.3. The molecule has 0 aliphatic heterocycles. The molecule has 0 aliphatic carbocycles. The number of aromatic nitrogens is 3. The Morgan fingerprint density at radius 2 is 2.12 bits per heavy atom. The molecule has 3 N–H and O–H groups in total. The summed E-state index contributed by atoms with van der Waals surface area (Å²) in [4.78, 5) is 26.0. The van der Waals surface area contributed by atoms with Crippen molar-refractivity contribution in [3.63, 3.8) is 0 Å². The van der Waals surface area contributed by atoms with Gasteiger partial charge in [0.15, 0.2) is 0 Å². The first kappa shape index (κ1) is 15.9. The number of nitrogens with one attached hydrogen (secondary N) is 3. The van der Waals surface area contributed by atoms with E-state index in [9.17, 15) is 14.0 Å². The van der Waals surface area contributed by atoms with Crippen LogP contribution in [0.1, 0.15) is 28.7 Å². The van der Waals surface area contributed by atoms with Gasteiger partial charge in [-0.25, -0.2) is 4.39 Å². The van der Waals surface area contributed by atoms with E-state index in [0.29, 0.717) is 11.8 Å². The molecule has 0 fully saturated rings. The summed E-state index contributed by atoms with van der Waals surface area (Å²) in [6, 6.07) is 7.22. The van der Waals surface area contributed by atoms with Crippen LogP contribution >= 0.6 is 0 Å². The third-order valence-corrected chi connectivity index (χ3v) is 3.70. The molecular formula is C17H17FN4O2. The van der Waals surface area contributed by atoms with Crippen molar-refractivity contribution in [3.8, 4) is 0 Å². The molecule has 6 nitrogen and oxygen atoms in total. The van der Waals surface area contributed by atoms with Gasteiger partial charge in [-0.15, -0.1) is 0 Å². The van der Waals surface area contributed by atoms with Crippen LogP contribution in [0, 0.1) is 12.7 Å². The van der Waals surface area contributed by atoms with Gasteiger partial charge in [0.2, 0.25) is 5.56 Å². The molecule has 24 heavy (non-hydrogen) atoms. The Morgan fingerprint density at radius 3 is 2.83 bits per heavy atom. The average molecular weight is 328 g/mol. The van der Waals surface area contributed by atoms with Crippen LogP contribution in [0.5, 0.6) is 0 Å². The second-order valence-corrected chi connectivity index (χ2v) is 5.87. The average Bonchev–Trinajstić information content (AvgIpc) is 2.92. The van der Waals surface area contributed by atoms with Crippen molar-refractivity contribution in [3.05, 3.63) is 63.5 Å². The zero-order chi connectivity index (χ0) is 17.3. The molecule has 1 atom stereocenters. The molecule has 2 aromatic heterocycles. The lowest BCUT2D eigenvalue weighted by atomic mass is 10.1. The number of hydrogen-bond acceptors (Lipinski definition) is 3. The van der Waals surface area contributed by atoms with Gasteiger partial charge in [-0.2, -0.15) is 5.10 Å². The lowest BCUT2D eigenvalue weighted by Gasteiger charge is -2.13. The van der Waals surface area contributed by atoms with Crippen LogP contribution in [0.2, 0.25) is 0 Å². The molecule has 3 rings (SSSR count). The third-order valence-electron chi connectivity index (χ3n) is 3.70. The number of pyridine rings is 1. The van der Waals surface area contributed by atoms with Crippen LogP contribution < -0.4 is 10.9 Å². The van der Waals surface area contributed by atoms with Gasteiger partial charge < -0.3 is 10.3 Å². The summed E-state index contributed by atoms with van der Waals surface area (Å²) in [5.74, 6) is -1.01. The zero-order valence-corrected chi connectivity index (χ0v) is 13.3. The normalized spacial score (nSPS) is 12.3. The topological polar surface area (TPSA) is 90.6 Å². The number of carbonyl (C=O) groups is 1. The second kappa shape index (κ2) is 6.27. The van der Waals surface area contributed by atoms with E-state index in [-0.39, 0.29) is 28.6 Å². The number of nitrogens with zero attached hydrogens (tertiary/aromatic N) is 1. The van der Waals surface area contributed by atoms with Gasteiger partial charge in [-0.1, -0.05) is 0 Å². The molecule has 0 spiro atoms. The van der Waals surface area contributed by atoms with Crippen LogP contribution in [0.3, 0.4) is 0 Å². The number of aromatic amines is 2. The van der Waals surface area contributed by atoms with Gasteiger partial charge in [0, 0.05) is 35.2 Å². The Balaban J connectivity index is 1.78. The van der Waals surface area contributed by atoms with Crippen LogP contribution in [-0.4, -0.2) is 27.1 Å². The minimum absolute atomic E-state index is 0.0964. The maximum absolute atomic E-state index is 14.1. The first-order valence-corrected chi connectivity index (χ1v) is 7.57. The third kappa shape index (κ3) is 3.34. The van der Waals surface area contributed by atoms with Crippen LogP contribution in [0.4, 0.5) is 4.39 Å². The van der Waals surface area contributed by atoms with Crippen LogP contribution in [0.25, 0.3) is 10.9 Å². The maximum Gasteiger partial charge on any atom is 0.251 e. The summed E-state index contributed by atoms with van der Waals surface area (Å²) in [6.45, 7) is 3.76. The van der Waals surface area contributed by atoms with Crippen molar-refractivity contribution in [1.29, 1.82) is 0 Å². The Labute approximate surface area is 137 Å². The van der Waals surface area contributed by atoms with Crippen molar-refractivity contribution < 1.29 is 9.18 Å². The molecule has 0 bridgehead atoms. The lowest BCUT2D eigenvalue weighted by molar-refractivity contribution is 0.0939. The molecule has 3 aromatic rings. The predicted molar refractivity (Wildman–Crippen MR) is 88.5 cm³/mol. The number of hydrogen-bond donors (Lipinski definition) is 3. The highest BCUT2D eigenvalue weighted by molar-refractivity contribution is 5.98. The number of fused-ring (bicyclic) bond motifs is 1. The number of carbonyl (C=O) groups excluding carboxylic acids is 1. The highest BCUT2D eigenvalue weighted by Gasteiger charge is 2.14. The van der Waals surface area contributed by atoms with Crippen molar-refractivity contribution in [2.75, 3.05) is 0 Å². The van der Waals surface area contributed by atoms with Gasteiger partial charge in [0.05, 0.1) is 11.2 Å². The number of benzene rings is 1. The summed E-state index contributed by atoms with van der Waals surface area (Å²) in [5.41, 5.74) is 1.72. The largest absolute Gasteiger partial charge is 0.349 e. The van der Waals surface area contributed by atoms with E-state index in [1.807, 2.05) is 19.9 Å². The van der Waals surface area contributed by atoms with Crippen molar-refractivity contribution >= 4 is 16.8 Å². The van der Waals surface area contributed by atoms with Gasteiger partial charge in [0.25, 0.3) is 5.91 Å². The fourth-order valence-corrected chi connectivity index (χ4v) is 2.60. The van der Waals surface area contributed by atoms with E-state index < -0.39 is 5.82 Å². The molecule has 1 amide bonds. The monoisotopic (exact) mass is 328 g/mol. The summed E-state index contributed by atoms with van der Waals surface area (Å²) in [7, 11) is 0.